The molecule has 0 aromatic heterocycles. The summed E-state index contributed by atoms with van der Waals surface area (Å²) in [4.78, 5) is 12.1. The lowest BCUT2D eigenvalue weighted by Gasteiger charge is -2.21. The molecule has 0 N–H and O–H groups in total. The third-order valence-electron chi connectivity index (χ3n) is 2.91. The SMILES string of the molecule is CCC(C)(C)C(=O)c1ccc(OC)c(Cl)c1. The molecule has 0 spiro atoms. The average molecular weight is 241 g/mol. The lowest BCUT2D eigenvalue weighted by atomic mass is 9.82. The summed E-state index contributed by atoms with van der Waals surface area (Å²) >= 11 is 5.99. The second-order valence-electron chi connectivity index (χ2n) is 4.42. The summed E-state index contributed by atoms with van der Waals surface area (Å²) in [6.07, 6.45) is 0.801. The quantitative estimate of drug-likeness (QED) is 0.745. The minimum absolute atomic E-state index is 0.111. The fourth-order valence-corrected chi connectivity index (χ4v) is 1.62. The molecule has 1 aromatic rings. The Balaban J connectivity index is 3.07. The van der Waals surface area contributed by atoms with E-state index in [1.807, 2.05) is 20.8 Å². The molecule has 0 saturated heterocycles. The number of methoxy groups -OCH3 is 1. The van der Waals surface area contributed by atoms with Crippen molar-refractivity contribution < 1.29 is 9.53 Å². The topological polar surface area (TPSA) is 26.3 Å². The highest BCUT2D eigenvalue weighted by Gasteiger charge is 2.26. The molecule has 3 heteroatoms. The summed E-state index contributed by atoms with van der Waals surface area (Å²) in [5.74, 6) is 0.701. The third kappa shape index (κ3) is 2.56. The lowest BCUT2D eigenvalue weighted by Crippen LogP contribution is -2.23. The van der Waals surface area contributed by atoms with Crippen molar-refractivity contribution in [3.63, 3.8) is 0 Å². The molecule has 1 rings (SSSR count). The number of hydrogen-bond donors (Lipinski definition) is 0. The first-order valence-corrected chi connectivity index (χ1v) is 5.68. The molecule has 16 heavy (non-hydrogen) atoms. The molecule has 88 valence electrons. The molecule has 0 aliphatic carbocycles. The molecule has 0 fully saturated rings. The van der Waals surface area contributed by atoms with E-state index in [9.17, 15) is 4.79 Å². The van der Waals surface area contributed by atoms with Gasteiger partial charge in [0.25, 0.3) is 0 Å². The van der Waals surface area contributed by atoms with Crippen molar-refractivity contribution in [2.45, 2.75) is 27.2 Å². The highest BCUT2D eigenvalue weighted by molar-refractivity contribution is 6.32. The predicted octanol–water partition coefficient (Wildman–Crippen LogP) is 3.97. The number of ether oxygens (including phenoxy) is 1. The van der Waals surface area contributed by atoms with Crippen LogP contribution in [-0.4, -0.2) is 12.9 Å². The van der Waals surface area contributed by atoms with Gasteiger partial charge in [0.2, 0.25) is 0 Å². The van der Waals surface area contributed by atoms with Crippen molar-refractivity contribution in [2.75, 3.05) is 7.11 Å². The number of carbonyl (C=O) groups excluding carboxylic acids is 1. The van der Waals surface area contributed by atoms with Crippen molar-refractivity contribution >= 4 is 17.4 Å². The molecule has 0 heterocycles. The van der Waals surface area contributed by atoms with Crippen LogP contribution >= 0.6 is 11.6 Å². The normalized spacial score (nSPS) is 11.3. The summed E-state index contributed by atoms with van der Waals surface area (Å²) in [5, 5.41) is 0.472. The Bertz CT molecular complexity index is 397. The average Bonchev–Trinajstić information content (AvgIpc) is 2.27. The first kappa shape index (κ1) is 13.0. The van der Waals surface area contributed by atoms with Crippen LogP contribution < -0.4 is 4.74 Å². The van der Waals surface area contributed by atoms with Gasteiger partial charge >= 0.3 is 0 Å². The summed E-state index contributed by atoms with van der Waals surface area (Å²) in [5.41, 5.74) is 0.287. The van der Waals surface area contributed by atoms with Crippen LogP contribution in [0.2, 0.25) is 5.02 Å². The predicted molar refractivity (Wildman–Crippen MR) is 66.4 cm³/mol. The number of halogens is 1. The van der Waals surface area contributed by atoms with Gasteiger partial charge in [0.1, 0.15) is 5.75 Å². The molecule has 0 bridgehead atoms. The van der Waals surface area contributed by atoms with Crippen LogP contribution in [0.25, 0.3) is 0 Å². The minimum Gasteiger partial charge on any atom is -0.495 e. The number of carbonyl (C=O) groups is 1. The van der Waals surface area contributed by atoms with Crippen LogP contribution in [-0.2, 0) is 0 Å². The van der Waals surface area contributed by atoms with E-state index < -0.39 is 0 Å². The Morgan fingerprint density at radius 1 is 1.44 bits per heavy atom. The standard InChI is InChI=1S/C13H17ClO2/c1-5-13(2,3)12(15)9-6-7-11(16-4)10(14)8-9/h6-8H,5H2,1-4H3. The number of Topliss-reactive ketones (excluding diaryl/α,β-unsaturated/α-hetero) is 1. The second-order valence-corrected chi connectivity index (χ2v) is 4.82. The van der Waals surface area contributed by atoms with Gasteiger partial charge in [0.15, 0.2) is 5.78 Å². The lowest BCUT2D eigenvalue weighted by molar-refractivity contribution is 0.0833. The molecular weight excluding hydrogens is 224 g/mol. The van der Waals surface area contributed by atoms with Gasteiger partial charge in [-0.2, -0.15) is 0 Å². The molecule has 0 amide bonds. The minimum atomic E-state index is -0.349. The maximum atomic E-state index is 12.1. The number of ketones is 1. The van der Waals surface area contributed by atoms with E-state index in [2.05, 4.69) is 0 Å². The second kappa shape index (κ2) is 4.88. The Kier molecular flexibility index (Phi) is 3.98. The van der Waals surface area contributed by atoms with Crippen LogP contribution in [0.4, 0.5) is 0 Å². The first-order chi connectivity index (χ1) is 7.42. The first-order valence-electron chi connectivity index (χ1n) is 5.30. The fraction of sp³-hybridized carbons (Fsp3) is 0.462. The number of hydrogen-bond acceptors (Lipinski definition) is 2. The van der Waals surface area contributed by atoms with Crippen LogP contribution in [0.15, 0.2) is 18.2 Å². The highest BCUT2D eigenvalue weighted by atomic mass is 35.5. The van der Waals surface area contributed by atoms with Gasteiger partial charge in [0, 0.05) is 11.0 Å². The van der Waals surface area contributed by atoms with E-state index in [-0.39, 0.29) is 11.2 Å². The van der Waals surface area contributed by atoms with E-state index in [1.165, 1.54) is 0 Å². The summed E-state index contributed by atoms with van der Waals surface area (Å²) in [6.45, 7) is 5.88. The molecule has 0 aliphatic rings. The van der Waals surface area contributed by atoms with E-state index in [4.69, 9.17) is 16.3 Å². The molecule has 0 unspecified atom stereocenters. The highest BCUT2D eigenvalue weighted by Crippen LogP contribution is 2.30. The molecule has 2 nitrogen and oxygen atoms in total. The largest absolute Gasteiger partial charge is 0.495 e. The summed E-state index contributed by atoms with van der Waals surface area (Å²) in [6, 6.07) is 5.14. The Labute approximate surface area is 102 Å². The summed E-state index contributed by atoms with van der Waals surface area (Å²) in [7, 11) is 1.55. The van der Waals surface area contributed by atoms with Gasteiger partial charge in [-0.05, 0) is 24.6 Å². The maximum Gasteiger partial charge on any atom is 0.168 e. The van der Waals surface area contributed by atoms with Gasteiger partial charge in [-0.3, -0.25) is 4.79 Å². The van der Waals surface area contributed by atoms with Crippen LogP contribution in [0.5, 0.6) is 5.75 Å². The molecule has 0 atom stereocenters. The van der Waals surface area contributed by atoms with Gasteiger partial charge in [-0.15, -0.1) is 0 Å². The van der Waals surface area contributed by atoms with E-state index in [0.717, 1.165) is 6.42 Å². The van der Waals surface area contributed by atoms with Gasteiger partial charge in [0.05, 0.1) is 12.1 Å². The zero-order chi connectivity index (χ0) is 12.3. The maximum absolute atomic E-state index is 12.1. The van der Waals surface area contributed by atoms with Crippen LogP contribution in [0.1, 0.15) is 37.6 Å². The number of rotatable bonds is 4. The third-order valence-corrected chi connectivity index (χ3v) is 3.21. The van der Waals surface area contributed by atoms with Crippen LogP contribution in [0.3, 0.4) is 0 Å². The Hall–Kier alpha value is -1.02. The van der Waals surface area contributed by atoms with Crippen LogP contribution in [0, 0.1) is 5.41 Å². The van der Waals surface area contributed by atoms with Gasteiger partial charge in [-0.1, -0.05) is 32.4 Å². The van der Waals surface area contributed by atoms with Crippen molar-refractivity contribution in [3.8, 4) is 5.75 Å². The van der Waals surface area contributed by atoms with Gasteiger partial charge in [-0.25, -0.2) is 0 Å². The van der Waals surface area contributed by atoms with Crippen molar-refractivity contribution in [3.05, 3.63) is 28.8 Å². The Morgan fingerprint density at radius 3 is 2.50 bits per heavy atom. The van der Waals surface area contributed by atoms with Gasteiger partial charge < -0.3 is 4.74 Å². The molecule has 0 saturated carbocycles. The van der Waals surface area contributed by atoms with Crippen molar-refractivity contribution in [2.24, 2.45) is 5.41 Å². The van der Waals surface area contributed by atoms with E-state index >= 15 is 0 Å². The van der Waals surface area contributed by atoms with Crippen molar-refractivity contribution in [1.29, 1.82) is 0 Å². The fourth-order valence-electron chi connectivity index (χ4n) is 1.36. The Morgan fingerprint density at radius 2 is 2.06 bits per heavy atom. The molecule has 0 aliphatic heterocycles. The van der Waals surface area contributed by atoms with Crippen molar-refractivity contribution in [1.82, 2.24) is 0 Å². The monoisotopic (exact) mass is 240 g/mol. The molecule has 1 aromatic carbocycles. The smallest absolute Gasteiger partial charge is 0.168 e. The zero-order valence-corrected chi connectivity index (χ0v) is 10.9. The molecular formula is C13H17ClO2. The van der Waals surface area contributed by atoms with E-state index in [1.54, 1.807) is 25.3 Å². The zero-order valence-electron chi connectivity index (χ0n) is 10.1. The van der Waals surface area contributed by atoms with E-state index in [0.29, 0.717) is 16.3 Å². The number of benzene rings is 1. The summed E-state index contributed by atoms with van der Waals surface area (Å²) < 4.78 is 5.05. The molecule has 0 radical (unpaired) electrons.